The molecule has 0 amide bonds. The van der Waals surface area contributed by atoms with Gasteiger partial charge in [0, 0.05) is 23.1 Å². The van der Waals surface area contributed by atoms with Gasteiger partial charge in [-0.3, -0.25) is 4.79 Å². The maximum Gasteiger partial charge on any atom is 0.146 e. The van der Waals surface area contributed by atoms with Crippen LogP contribution in [0.15, 0.2) is 30.5 Å². The number of Topliss-reactive ketones (excluding diaryl/α,β-unsaturated/α-hetero) is 1. The van der Waals surface area contributed by atoms with Crippen LogP contribution in [0.1, 0.15) is 32.4 Å². The molecule has 2 N–H and O–H groups in total. The Labute approximate surface area is 108 Å². The average molecular weight is 244 g/mol. The molecule has 0 bridgehead atoms. The maximum absolute atomic E-state index is 11.3. The molecule has 0 aliphatic carbocycles. The largest absolute Gasteiger partial charge is 0.345 e. The van der Waals surface area contributed by atoms with Crippen LogP contribution in [-0.2, 0) is 11.2 Å². The van der Waals surface area contributed by atoms with Crippen LogP contribution in [0.4, 0.5) is 0 Å². The number of carbonyl (C=O) groups excluding carboxylic acids is 1. The van der Waals surface area contributed by atoms with Crippen molar-refractivity contribution in [1.82, 2.24) is 4.57 Å². The summed E-state index contributed by atoms with van der Waals surface area (Å²) in [6.45, 7) is 5.86. The van der Waals surface area contributed by atoms with E-state index in [0.717, 1.165) is 5.56 Å². The highest BCUT2D eigenvalue weighted by atomic mass is 16.1. The van der Waals surface area contributed by atoms with Gasteiger partial charge in [0.1, 0.15) is 5.78 Å². The summed E-state index contributed by atoms with van der Waals surface area (Å²) in [5.74, 6) is 0.0383. The van der Waals surface area contributed by atoms with Gasteiger partial charge in [-0.15, -0.1) is 0 Å². The smallest absolute Gasteiger partial charge is 0.146 e. The van der Waals surface area contributed by atoms with Crippen LogP contribution in [0.2, 0.25) is 0 Å². The molecule has 96 valence electrons. The molecule has 3 nitrogen and oxygen atoms in total. The van der Waals surface area contributed by atoms with Gasteiger partial charge in [-0.25, -0.2) is 0 Å². The fourth-order valence-corrected chi connectivity index (χ4v) is 2.25. The van der Waals surface area contributed by atoms with E-state index in [1.807, 2.05) is 12.1 Å². The number of ketones is 1. The quantitative estimate of drug-likeness (QED) is 0.899. The molecule has 1 heterocycles. The standard InChI is InChI=1S/C15H20N2O/c1-10(2)17-9-12(8-14(16)11(3)18)13-6-4-5-7-15(13)17/h4-7,9-10,14H,8,16H2,1-3H3/t14-/m0/s1. The number of aromatic nitrogens is 1. The molecular formula is C15H20N2O. The maximum atomic E-state index is 11.3. The summed E-state index contributed by atoms with van der Waals surface area (Å²) in [6.07, 6.45) is 2.73. The van der Waals surface area contributed by atoms with Crippen molar-refractivity contribution >= 4 is 16.7 Å². The lowest BCUT2D eigenvalue weighted by molar-refractivity contribution is -0.118. The van der Waals surface area contributed by atoms with E-state index in [1.54, 1.807) is 6.92 Å². The fourth-order valence-electron chi connectivity index (χ4n) is 2.25. The second kappa shape index (κ2) is 4.94. The van der Waals surface area contributed by atoms with Crippen molar-refractivity contribution in [2.45, 2.75) is 39.3 Å². The summed E-state index contributed by atoms with van der Waals surface area (Å²) in [6, 6.07) is 8.26. The van der Waals surface area contributed by atoms with E-state index in [9.17, 15) is 4.79 Å². The van der Waals surface area contributed by atoms with Gasteiger partial charge in [0.15, 0.2) is 0 Å². The number of benzene rings is 1. The molecule has 18 heavy (non-hydrogen) atoms. The summed E-state index contributed by atoms with van der Waals surface area (Å²) < 4.78 is 2.23. The molecule has 0 spiro atoms. The highest BCUT2D eigenvalue weighted by Gasteiger charge is 2.15. The van der Waals surface area contributed by atoms with Crippen LogP contribution < -0.4 is 5.73 Å². The monoisotopic (exact) mass is 244 g/mol. The minimum atomic E-state index is -0.406. The SMILES string of the molecule is CC(=O)[C@@H](N)Cc1cn(C(C)C)c2ccccc12. The first kappa shape index (κ1) is 12.8. The Morgan fingerprint density at radius 3 is 2.61 bits per heavy atom. The Kier molecular flexibility index (Phi) is 3.53. The van der Waals surface area contributed by atoms with E-state index in [-0.39, 0.29) is 5.78 Å². The molecular weight excluding hydrogens is 224 g/mol. The van der Waals surface area contributed by atoms with Crippen LogP contribution >= 0.6 is 0 Å². The minimum absolute atomic E-state index is 0.0383. The van der Waals surface area contributed by atoms with Crippen LogP contribution in [-0.4, -0.2) is 16.4 Å². The van der Waals surface area contributed by atoms with Crippen LogP contribution in [0.25, 0.3) is 10.9 Å². The number of fused-ring (bicyclic) bond motifs is 1. The Balaban J connectivity index is 2.48. The van der Waals surface area contributed by atoms with Gasteiger partial charge >= 0.3 is 0 Å². The lowest BCUT2D eigenvalue weighted by Gasteiger charge is -2.08. The van der Waals surface area contributed by atoms with Crippen molar-refractivity contribution in [1.29, 1.82) is 0 Å². The number of nitrogens with two attached hydrogens (primary N) is 1. The molecule has 0 saturated heterocycles. The zero-order valence-electron chi connectivity index (χ0n) is 11.2. The molecule has 2 aromatic rings. The normalized spacial score (nSPS) is 13.2. The van der Waals surface area contributed by atoms with Gasteiger partial charge in [0.25, 0.3) is 0 Å². The van der Waals surface area contributed by atoms with Crippen molar-refractivity contribution in [3.05, 3.63) is 36.0 Å². The van der Waals surface area contributed by atoms with E-state index in [0.29, 0.717) is 12.5 Å². The first-order chi connectivity index (χ1) is 8.50. The predicted octanol–water partition coefficient (Wildman–Crippen LogP) is 2.68. The molecule has 0 saturated carbocycles. The van der Waals surface area contributed by atoms with Gasteiger partial charge < -0.3 is 10.3 Å². The van der Waals surface area contributed by atoms with Crippen LogP contribution in [0.5, 0.6) is 0 Å². The molecule has 0 radical (unpaired) electrons. The summed E-state index contributed by atoms with van der Waals surface area (Å²) in [4.78, 5) is 11.3. The highest BCUT2D eigenvalue weighted by Crippen LogP contribution is 2.25. The number of hydrogen-bond acceptors (Lipinski definition) is 2. The van der Waals surface area contributed by atoms with Crippen molar-refractivity contribution < 1.29 is 4.79 Å². The molecule has 0 fully saturated rings. The summed E-state index contributed by atoms with van der Waals surface area (Å²) in [7, 11) is 0. The molecule has 0 aliphatic heterocycles. The zero-order chi connectivity index (χ0) is 13.3. The number of hydrogen-bond donors (Lipinski definition) is 1. The Morgan fingerprint density at radius 1 is 1.33 bits per heavy atom. The topological polar surface area (TPSA) is 48.0 Å². The second-order valence-corrected chi connectivity index (χ2v) is 5.09. The van der Waals surface area contributed by atoms with Crippen molar-refractivity contribution in [3.8, 4) is 0 Å². The van der Waals surface area contributed by atoms with Gasteiger partial charge in [-0.1, -0.05) is 18.2 Å². The second-order valence-electron chi connectivity index (χ2n) is 5.09. The lowest BCUT2D eigenvalue weighted by Crippen LogP contribution is -2.30. The summed E-state index contributed by atoms with van der Waals surface area (Å²) >= 11 is 0. The summed E-state index contributed by atoms with van der Waals surface area (Å²) in [5.41, 5.74) is 8.23. The predicted molar refractivity (Wildman–Crippen MR) is 74.7 cm³/mol. The first-order valence-corrected chi connectivity index (χ1v) is 6.35. The van der Waals surface area contributed by atoms with E-state index >= 15 is 0 Å². The number of rotatable bonds is 4. The third-order valence-corrected chi connectivity index (χ3v) is 3.34. The molecule has 1 aromatic heterocycles. The third kappa shape index (κ3) is 2.31. The Bertz CT molecular complexity index is 569. The number of nitrogens with zero attached hydrogens (tertiary/aromatic N) is 1. The van der Waals surface area contributed by atoms with Gasteiger partial charge in [-0.2, -0.15) is 0 Å². The molecule has 1 atom stereocenters. The minimum Gasteiger partial charge on any atom is -0.345 e. The van der Waals surface area contributed by atoms with Crippen LogP contribution in [0, 0.1) is 0 Å². The van der Waals surface area contributed by atoms with Crippen molar-refractivity contribution in [2.75, 3.05) is 0 Å². The fraction of sp³-hybridized carbons (Fsp3) is 0.400. The van der Waals surface area contributed by atoms with E-state index in [4.69, 9.17) is 5.73 Å². The highest BCUT2D eigenvalue weighted by molar-refractivity contribution is 5.86. The first-order valence-electron chi connectivity index (χ1n) is 6.35. The summed E-state index contributed by atoms with van der Waals surface area (Å²) in [5, 5.41) is 1.20. The average Bonchev–Trinajstić information content (AvgIpc) is 2.68. The molecule has 1 aromatic carbocycles. The van der Waals surface area contributed by atoms with E-state index in [1.165, 1.54) is 10.9 Å². The molecule has 0 unspecified atom stereocenters. The zero-order valence-corrected chi connectivity index (χ0v) is 11.2. The van der Waals surface area contributed by atoms with Crippen LogP contribution in [0.3, 0.4) is 0 Å². The molecule has 3 heteroatoms. The van der Waals surface area contributed by atoms with Gasteiger partial charge in [0.2, 0.25) is 0 Å². The molecule has 0 aliphatic rings. The lowest BCUT2D eigenvalue weighted by atomic mass is 10.0. The Hall–Kier alpha value is -1.61. The Morgan fingerprint density at radius 2 is 2.00 bits per heavy atom. The van der Waals surface area contributed by atoms with E-state index < -0.39 is 6.04 Å². The molecule has 2 rings (SSSR count). The van der Waals surface area contributed by atoms with Gasteiger partial charge in [0.05, 0.1) is 6.04 Å². The van der Waals surface area contributed by atoms with Crippen molar-refractivity contribution in [3.63, 3.8) is 0 Å². The number of para-hydroxylation sites is 1. The van der Waals surface area contributed by atoms with E-state index in [2.05, 4.69) is 36.7 Å². The number of carbonyl (C=O) groups is 1. The van der Waals surface area contributed by atoms with Gasteiger partial charge in [-0.05, 0) is 38.8 Å². The third-order valence-electron chi connectivity index (χ3n) is 3.34. The van der Waals surface area contributed by atoms with Crippen molar-refractivity contribution in [2.24, 2.45) is 5.73 Å².